The molecule has 6 heteroatoms. The monoisotopic (exact) mass is 302 g/mol. The Hall–Kier alpha value is -1.14. The van der Waals surface area contributed by atoms with Crippen LogP contribution in [0.4, 0.5) is 14.9 Å². The van der Waals surface area contributed by atoms with E-state index < -0.39 is 11.9 Å². The first-order valence-electron chi connectivity index (χ1n) is 5.24. The van der Waals surface area contributed by atoms with Gasteiger partial charge in [-0.2, -0.15) is 0 Å². The van der Waals surface area contributed by atoms with Gasteiger partial charge in [0, 0.05) is 23.2 Å². The molecule has 0 radical (unpaired) electrons. The van der Waals surface area contributed by atoms with E-state index in [9.17, 15) is 14.3 Å². The standard InChI is InChI=1S/C11H12BrFN2O2/c12-7-3-8(13)5-9(4-7)14-11(17)15-2-1-10(16)6-15/h3-5,10,16H,1-2,6H2,(H,14,17)/t10-/m1/s1. The fourth-order valence-corrected chi connectivity index (χ4v) is 2.22. The maximum atomic E-state index is 13.1. The van der Waals surface area contributed by atoms with E-state index in [0.717, 1.165) is 0 Å². The lowest BCUT2D eigenvalue weighted by Gasteiger charge is -2.16. The molecular weight excluding hydrogens is 291 g/mol. The molecule has 17 heavy (non-hydrogen) atoms. The SMILES string of the molecule is O=C(Nc1cc(F)cc(Br)c1)N1CC[C@@H](O)C1. The van der Waals surface area contributed by atoms with Gasteiger partial charge in [-0.25, -0.2) is 9.18 Å². The third kappa shape index (κ3) is 3.17. The predicted molar refractivity (Wildman–Crippen MR) is 65.3 cm³/mol. The molecule has 0 aliphatic carbocycles. The minimum absolute atomic E-state index is 0.320. The van der Waals surface area contributed by atoms with Gasteiger partial charge in [-0.1, -0.05) is 15.9 Å². The number of nitrogens with one attached hydrogen (secondary N) is 1. The largest absolute Gasteiger partial charge is 0.391 e. The van der Waals surface area contributed by atoms with Gasteiger partial charge in [0.15, 0.2) is 0 Å². The Morgan fingerprint density at radius 3 is 2.88 bits per heavy atom. The van der Waals surface area contributed by atoms with Crippen LogP contribution in [-0.2, 0) is 0 Å². The molecular formula is C11H12BrFN2O2. The average molecular weight is 303 g/mol. The zero-order chi connectivity index (χ0) is 12.4. The van der Waals surface area contributed by atoms with Gasteiger partial charge in [0.25, 0.3) is 0 Å². The van der Waals surface area contributed by atoms with Crippen LogP contribution in [0.15, 0.2) is 22.7 Å². The van der Waals surface area contributed by atoms with E-state index in [-0.39, 0.29) is 6.03 Å². The van der Waals surface area contributed by atoms with Crippen molar-refractivity contribution >= 4 is 27.6 Å². The number of aliphatic hydroxyl groups excluding tert-OH is 1. The summed E-state index contributed by atoms with van der Waals surface area (Å²) in [5.41, 5.74) is 0.392. The maximum absolute atomic E-state index is 13.1. The van der Waals surface area contributed by atoms with Crippen molar-refractivity contribution in [2.75, 3.05) is 18.4 Å². The highest BCUT2D eigenvalue weighted by atomic mass is 79.9. The predicted octanol–water partition coefficient (Wildman–Crippen LogP) is 2.19. The van der Waals surface area contributed by atoms with E-state index >= 15 is 0 Å². The average Bonchev–Trinajstić information content (AvgIpc) is 2.63. The summed E-state index contributed by atoms with van der Waals surface area (Å²) in [5.74, 6) is -0.420. The second kappa shape index (κ2) is 5.01. The number of urea groups is 1. The van der Waals surface area contributed by atoms with Crippen molar-refractivity contribution in [2.45, 2.75) is 12.5 Å². The van der Waals surface area contributed by atoms with Crippen LogP contribution in [0.3, 0.4) is 0 Å². The van der Waals surface area contributed by atoms with Crippen LogP contribution in [0.25, 0.3) is 0 Å². The summed E-state index contributed by atoms with van der Waals surface area (Å²) in [4.78, 5) is 13.3. The summed E-state index contributed by atoms with van der Waals surface area (Å²) in [6.07, 6.45) is 0.125. The Morgan fingerprint density at radius 1 is 1.53 bits per heavy atom. The Morgan fingerprint density at radius 2 is 2.29 bits per heavy atom. The van der Waals surface area contributed by atoms with Gasteiger partial charge in [-0.15, -0.1) is 0 Å². The van der Waals surface area contributed by atoms with E-state index in [1.54, 1.807) is 6.07 Å². The Bertz CT molecular complexity index is 421. The van der Waals surface area contributed by atoms with Gasteiger partial charge in [0.05, 0.1) is 6.10 Å². The number of hydrogen-bond acceptors (Lipinski definition) is 2. The number of likely N-dealkylation sites (tertiary alicyclic amines) is 1. The van der Waals surface area contributed by atoms with E-state index in [1.807, 2.05) is 0 Å². The van der Waals surface area contributed by atoms with Crippen molar-refractivity contribution in [1.82, 2.24) is 4.90 Å². The van der Waals surface area contributed by atoms with Crippen LogP contribution >= 0.6 is 15.9 Å². The number of hydrogen-bond donors (Lipinski definition) is 2. The minimum Gasteiger partial charge on any atom is -0.391 e. The molecule has 0 spiro atoms. The normalized spacial score (nSPS) is 19.5. The topological polar surface area (TPSA) is 52.6 Å². The summed E-state index contributed by atoms with van der Waals surface area (Å²) in [5, 5.41) is 11.9. The van der Waals surface area contributed by atoms with Gasteiger partial charge in [-0.05, 0) is 24.6 Å². The minimum atomic E-state index is -0.458. The molecule has 1 aliphatic rings. The number of anilines is 1. The lowest BCUT2D eigenvalue weighted by Crippen LogP contribution is -2.33. The van der Waals surface area contributed by atoms with Crippen molar-refractivity contribution in [1.29, 1.82) is 0 Å². The number of carbonyl (C=O) groups excluding carboxylic acids is 1. The number of amides is 2. The molecule has 0 saturated carbocycles. The van der Waals surface area contributed by atoms with E-state index in [4.69, 9.17) is 0 Å². The first-order chi connectivity index (χ1) is 8.04. The highest BCUT2D eigenvalue weighted by molar-refractivity contribution is 9.10. The third-order valence-electron chi connectivity index (χ3n) is 2.56. The van der Waals surface area contributed by atoms with Crippen LogP contribution in [-0.4, -0.2) is 35.2 Å². The smallest absolute Gasteiger partial charge is 0.321 e. The molecule has 4 nitrogen and oxygen atoms in total. The van der Waals surface area contributed by atoms with Crippen LogP contribution in [0, 0.1) is 5.82 Å². The zero-order valence-electron chi connectivity index (χ0n) is 8.99. The number of halogens is 2. The second-order valence-electron chi connectivity index (χ2n) is 3.98. The highest BCUT2D eigenvalue weighted by Gasteiger charge is 2.24. The zero-order valence-corrected chi connectivity index (χ0v) is 10.6. The molecule has 0 bridgehead atoms. The van der Waals surface area contributed by atoms with E-state index in [0.29, 0.717) is 29.7 Å². The molecule has 1 aromatic rings. The molecule has 1 heterocycles. The number of rotatable bonds is 1. The summed E-state index contributed by atoms with van der Waals surface area (Å²) in [6, 6.07) is 3.86. The highest BCUT2D eigenvalue weighted by Crippen LogP contribution is 2.19. The van der Waals surface area contributed by atoms with Crippen LogP contribution in [0.1, 0.15) is 6.42 Å². The number of carbonyl (C=O) groups is 1. The fourth-order valence-electron chi connectivity index (χ4n) is 1.75. The number of nitrogens with zero attached hydrogens (tertiary/aromatic N) is 1. The van der Waals surface area contributed by atoms with Crippen molar-refractivity contribution < 1.29 is 14.3 Å². The Labute approximate surface area is 107 Å². The molecule has 1 aliphatic heterocycles. The lowest BCUT2D eigenvalue weighted by molar-refractivity contribution is 0.176. The lowest BCUT2D eigenvalue weighted by atomic mass is 10.3. The molecule has 2 rings (SSSR count). The Kier molecular flexibility index (Phi) is 3.63. The van der Waals surface area contributed by atoms with Crippen LogP contribution in [0.5, 0.6) is 0 Å². The van der Waals surface area contributed by atoms with Gasteiger partial charge >= 0.3 is 6.03 Å². The molecule has 2 amide bonds. The molecule has 0 unspecified atom stereocenters. The summed E-state index contributed by atoms with van der Waals surface area (Å²) in [7, 11) is 0. The quantitative estimate of drug-likeness (QED) is 0.835. The summed E-state index contributed by atoms with van der Waals surface area (Å²) < 4.78 is 13.6. The first-order valence-corrected chi connectivity index (χ1v) is 6.04. The Balaban J connectivity index is 2.03. The molecule has 1 atom stereocenters. The first kappa shape index (κ1) is 12.3. The number of aliphatic hydroxyl groups is 1. The third-order valence-corrected chi connectivity index (χ3v) is 3.02. The van der Waals surface area contributed by atoms with Crippen molar-refractivity contribution in [2.24, 2.45) is 0 Å². The van der Waals surface area contributed by atoms with Gasteiger partial charge < -0.3 is 15.3 Å². The van der Waals surface area contributed by atoms with Crippen molar-refractivity contribution in [3.05, 3.63) is 28.5 Å². The second-order valence-corrected chi connectivity index (χ2v) is 4.89. The van der Waals surface area contributed by atoms with Crippen molar-refractivity contribution in [3.63, 3.8) is 0 Å². The van der Waals surface area contributed by atoms with E-state index in [2.05, 4.69) is 21.2 Å². The fraction of sp³-hybridized carbons (Fsp3) is 0.364. The molecule has 1 saturated heterocycles. The summed E-state index contributed by atoms with van der Waals surface area (Å²) >= 11 is 3.15. The van der Waals surface area contributed by atoms with Gasteiger partial charge in [0.1, 0.15) is 5.82 Å². The molecule has 92 valence electrons. The number of β-amino-alcohol motifs (C(OH)–C–C–N with tert-alkyl or cyclic N) is 1. The van der Waals surface area contributed by atoms with Crippen molar-refractivity contribution in [3.8, 4) is 0 Å². The molecule has 1 aromatic carbocycles. The molecule has 0 aromatic heterocycles. The molecule has 1 fully saturated rings. The van der Waals surface area contributed by atoms with E-state index in [1.165, 1.54) is 17.0 Å². The van der Waals surface area contributed by atoms with Gasteiger partial charge in [-0.3, -0.25) is 0 Å². The van der Waals surface area contributed by atoms with Crippen LogP contribution in [0.2, 0.25) is 0 Å². The van der Waals surface area contributed by atoms with Crippen LogP contribution < -0.4 is 5.32 Å². The van der Waals surface area contributed by atoms with Gasteiger partial charge in [0.2, 0.25) is 0 Å². The number of benzene rings is 1. The molecule has 2 N–H and O–H groups in total. The maximum Gasteiger partial charge on any atom is 0.321 e. The summed E-state index contributed by atoms with van der Waals surface area (Å²) in [6.45, 7) is 0.839.